The molecule has 2 aliphatic heterocycles. The molecule has 2 unspecified atom stereocenters. The molecule has 2 atom stereocenters. The molecule has 0 aliphatic carbocycles. The molecule has 2 saturated heterocycles. The topological polar surface area (TPSA) is 40.5 Å². The molecule has 4 heteroatoms. The Morgan fingerprint density at radius 2 is 1.95 bits per heavy atom. The number of aliphatic carboxylic acids is 1. The monoisotopic (exact) mass is 335 g/mol. The van der Waals surface area contributed by atoms with Crippen LogP contribution in [0.25, 0.3) is 0 Å². The molecule has 0 spiro atoms. The Morgan fingerprint density at radius 1 is 1.30 bits per heavy atom. The summed E-state index contributed by atoms with van der Waals surface area (Å²) in [5.41, 5.74) is 2.42. The van der Waals surface area contributed by atoms with Gasteiger partial charge in [-0.25, -0.2) is 4.79 Å². The van der Waals surface area contributed by atoms with E-state index in [4.69, 9.17) is 5.11 Å². The third-order valence-corrected chi connectivity index (χ3v) is 5.18. The van der Waals surface area contributed by atoms with Gasteiger partial charge in [-0.2, -0.15) is 0 Å². The van der Waals surface area contributed by atoms with E-state index in [0.29, 0.717) is 12.1 Å². The molecular weight excluding hydrogens is 318 g/mol. The van der Waals surface area contributed by atoms with Gasteiger partial charge in [-0.3, -0.25) is 4.90 Å². The first-order valence-corrected chi connectivity index (χ1v) is 7.84. The third kappa shape index (κ3) is 2.81. The zero-order valence-electron chi connectivity index (χ0n) is 11.3. The zero-order chi connectivity index (χ0) is 14.1. The minimum atomic E-state index is -0.807. The van der Waals surface area contributed by atoms with Crippen LogP contribution in [0.2, 0.25) is 0 Å². The molecule has 1 aromatic rings. The molecular formula is C16H18BrNO2. The maximum atomic E-state index is 10.8. The van der Waals surface area contributed by atoms with Crippen molar-refractivity contribution >= 4 is 21.9 Å². The standard InChI is InChI=1S/C16H18BrNO2/c17-15-4-2-1-3-12(15)10-18-13-5-6-14(18)8-11(7-13)9-16(19)20/h1-4,9,13-14H,5-8,10H2,(H,19,20). The molecule has 1 N–H and O–H groups in total. The number of rotatable bonds is 3. The molecule has 2 heterocycles. The minimum Gasteiger partial charge on any atom is -0.478 e. The molecule has 2 bridgehead atoms. The van der Waals surface area contributed by atoms with Crippen LogP contribution in [0.3, 0.4) is 0 Å². The summed E-state index contributed by atoms with van der Waals surface area (Å²) in [6.07, 6.45) is 5.61. The van der Waals surface area contributed by atoms with Gasteiger partial charge in [0.2, 0.25) is 0 Å². The number of hydrogen-bond donors (Lipinski definition) is 1. The second-order valence-corrected chi connectivity index (χ2v) is 6.55. The normalized spacial score (nSPS) is 25.8. The highest BCUT2D eigenvalue weighted by molar-refractivity contribution is 9.10. The molecule has 20 heavy (non-hydrogen) atoms. The van der Waals surface area contributed by atoms with Crippen molar-refractivity contribution in [3.8, 4) is 0 Å². The van der Waals surface area contributed by atoms with Gasteiger partial charge in [0.1, 0.15) is 0 Å². The van der Waals surface area contributed by atoms with Crippen LogP contribution in [0, 0.1) is 0 Å². The van der Waals surface area contributed by atoms with Crippen LogP contribution in [-0.2, 0) is 11.3 Å². The predicted octanol–water partition coefficient (Wildman–Crippen LogP) is 3.59. The Hall–Kier alpha value is -1.13. The van der Waals surface area contributed by atoms with Crippen LogP contribution in [0.15, 0.2) is 40.4 Å². The lowest BCUT2D eigenvalue weighted by Gasteiger charge is -2.36. The van der Waals surface area contributed by atoms with Crippen molar-refractivity contribution in [3.63, 3.8) is 0 Å². The van der Waals surface area contributed by atoms with Gasteiger partial charge in [-0.05, 0) is 37.3 Å². The first-order valence-electron chi connectivity index (χ1n) is 7.05. The number of carboxylic acids is 1. The molecule has 0 amide bonds. The maximum Gasteiger partial charge on any atom is 0.328 e. The first-order chi connectivity index (χ1) is 9.63. The van der Waals surface area contributed by atoms with E-state index < -0.39 is 5.97 Å². The number of halogens is 1. The van der Waals surface area contributed by atoms with Crippen LogP contribution in [-0.4, -0.2) is 28.1 Å². The highest BCUT2D eigenvalue weighted by atomic mass is 79.9. The van der Waals surface area contributed by atoms with Crippen LogP contribution in [0.4, 0.5) is 0 Å². The van der Waals surface area contributed by atoms with Crippen molar-refractivity contribution in [2.75, 3.05) is 0 Å². The van der Waals surface area contributed by atoms with Gasteiger partial charge in [0.05, 0.1) is 0 Å². The smallest absolute Gasteiger partial charge is 0.328 e. The van der Waals surface area contributed by atoms with E-state index in [0.717, 1.165) is 29.4 Å². The lowest BCUT2D eigenvalue weighted by molar-refractivity contribution is -0.131. The van der Waals surface area contributed by atoms with Crippen molar-refractivity contribution in [2.45, 2.75) is 44.3 Å². The summed E-state index contributed by atoms with van der Waals surface area (Å²) >= 11 is 3.61. The lowest BCUT2D eigenvalue weighted by Crippen LogP contribution is -2.40. The van der Waals surface area contributed by atoms with E-state index in [1.165, 1.54) is 24.5 Å². The highest BCUT2D eigenvalue weighted by Crippen LogP contribution is 2.39. The van der Waals surface area contributed by atoms with Gasteiger partial charge < -0.3 is 5.11 Å². The van der Waals surface area contributed by atoms with Crippen molar-refractivity contribution in [3.05, 3.63) is 46.0 Å². The molecule has 3 rings (SSSR count). The molecule has 0 radical (unpaired) electrons. The van der Waals surface area contributed by atoms with E-state index in [2.05, 4.69) is 39.0 Å². The lowest BCUT2D eigenvalue weighted by atomic mass is 9.95. The van der Waals surface area contributed by atoms with Crippen LogP contribution in [0.1, 0.15) is 31.2 Å². The molecule has 1 aromatic carbocycles. The first kappa shape index (κ1) is 13.8. The Labute approximate surface area is 127 Å². The zero-order valence-corrected chi connectivity index (χ0v) is 12.8. The summed E-state index contributed by atoms with van der Waals surface area (Å²) in [5, 5.41) is 8.90. The van der Waals surface area contributed by atoms with Gasteiger partial charge in [0.25, 0.3) is 0 Å². The summed E-state index contributed by atoms with van der Waals surface area (Å²) in [7, 11) is 0. The number of hydrogen-bond acceptors (Lipinski definition) is 2. The summed E-state index contributed by atoms with van der Waals surface area (Å²) in [4.78, 5) is 13.4. The molecule has 0 aromatic heterocycles. The van der Waals surface area contributed by atoms with Gasteiger partial charge >= 0.3 is 5.97 Å². The fraction of sp³-hybridized carbons (Fsp3) is 0.438. The Morgan fingerprint density at radius 3 is 2.55 bits per heavy atom. The van der Waals surface area contributed by atoms with Crippen LogP contribution in [0.5, 0.6) is 0 Å². The van der Waals surface area contributed by atoms with Gasteiger partial charge in [-0.1, -0.05) is 39.7 Å². The van der Waals surface area contributed by atoms with Crippen LogP contribution < -0.4 is 0 Å². The maximum absolute atomic E-state index is 10.8. The van der Waals surface area contributed by atoms with E-state index in [9.17, 15) is 4.79 Å². The second kappa shape index (κ2) is 5.70. The summed E-state index contributed by atoms with van der Waals surface area (Å²) in [6.45, 7) is 0.955. The van der Waals surface area contributed by atoms with E-state index in [1.807, 2.05) is 6.07 Å². The van der Waals surface area contributed by atoms with E-state index in [-0.39, 0.29) is 0 Å². The van der Waals surface area contributed by atoms with Crippen molar-refractivity contribution in [2.24, 2.45) is 0 Å². The minimum absolute atomic E-state index is 0.506. The predicted molar refractivity (Wildman–Crippen MR) is 81.4 cm³/mol. The average Bonchev–Trinajstić information content (AvgIpc) is 2.63. The number of nitrogens with zero attached hydrogens (tertiary/aromatic N) is 1. The van der Waals surface area contributed by atoms with E-state index in [1.54, 1.807) is 0 Å². The largest absolute Gasteiger partial charge is 0.478 e. The SMILES string of the molecule is O=C(O)C=C1CC2CCC(C1)N2Cc1ccccc1Br. The number of carbonyl (C=O) groups is 1. The highest BCUT2D eigenvalue weighted by Gasteiger charge is 2.38. The van der Waals surface area contributed by atoms with Crippen molar-refractivity contribution in [1.82, 2.24) is 4.90 Å². The Balaban J connectivity index is 1.75. The molecule has 3 nitrogen and oxygen atoms in total. The van der Waals surface area contributed by atoms with Gasteiger partial charge in [0.15, 0.2) is 0 Å². The molecule has 0 saturated carbocycles. The second-order valence-electron chi connectivity index (χ2n) is 5.70. The van der Waals surface area contributed by atoms with E-state index >= 15 is 0 Å². The number of carboxylic acid groups (broad SMARTS) is 1. The van der Waals surface area contributed by atoms with Gasteiger partial charge in [0, 0.05) is 29.2 Å². The molecule has 2 fully saturated rings. The fourth-order valence-corrected chi connectivity index (χ4v) is 3.93. The fourth-order valence-electron chi connectivity index (χ4n) is 3.52. The number of piperidine rings is 1. The molecule has 2 aliphatic rings. The summed E-state index contributed by atoms with van der Waals surface area (Å²) in [6, 6.07) is 9.36. The van der Waals surface area contributed by atoms with Crippen molar-refractivity contribution in [1.29, 1.82) is 0 Å². The quantitative estimate of drug-likeness (QED) is 0.858. The van der Waals surface area contributed by atoms with Gasteiger partial charge in [-0.15, -0.1) is 0 Å². The number of fused-ring (bicyclic) bond motifs is 2. The summed E-state index contributed by atoms with van der Waals surface area (Å²) in [5.74, 6) is -0.807. The molecule has 106 valence electrons. The van der Waals surface area contributed by atoms with Crippen LogP contribution >= 0.6 is 15.9 Å². The third-order valence-electron chi connectivity index (χ3n) is 4.41. The average molecular weight is 336 g/mol. The number of benzene rings is 1. The Kier molecular flexibility index (Phi) is 3.94. The van der Waals surface area contributed by atoms with Crippen molar-refractivity contribution < 1.29 is 9.90 Å². The summed E-state index contributed by atoms with van der Waals surface area (Å²) < 4.78 is 1.16. The Bertz CT molecular complexity index is 539.